The molecule has 10 heteroatoms. The van der Waals surface area contributed by atoms with E-state index in [9.17, 15) is 22.4 Å². The van der Waals surface area contributed by atoms with E-state index < -0.39 is 39.9 Å². The van der Waals surface area contributed by atoms with Crippen molar-refractivity contribution in [3.63, 3.8) is 0 Å². The van der Waals surface area contributed by atoms with E-state index >= 15 is 0 Å². The monoisotopic (exact) mass is 467 g/mol. The van der Waals surface area contributed by atoms with Crippen LogP contribution < -0.4 is 10.0 Å². The Labute approximate surface area is 188 Å². The number of hydrogen-bond acceptors (Lipinski definition) is 5. The molecule has 0 saturated heterocycles. The molecule has 8 nitrogen and oxygen atoms in total. The summed E-state index contributed by atoms with van der Waals surface area (Å²) in [6.45, 7) is 8.51. The van der Waals surface area contributed by atoms with Crippen LogP contribution in [0.5, 0.6) is 0 Å². The van der Waals surface area contributed by atoms with Gasteiger partial charge in [-0.05, 0) is 63.1 Å². The minimum absolute atomic E-state index is 0.00941. The second-order valence-electron chi connectivity index (χ2n) is 8.81. The quantitative estimate of drug-likeness (QED) is 0.589. The summed E-state index contributed by atoms with van der Waals surface area (Å²) >= 11 is 0. The Balaban J connectivity index is 2.27. The predicted molar refractivity (Wildman–Crippen MR) is 117 cm³/mol. The first-order valence-electron chi connectivity index (χ1n) is 10.2. The fourth-order valence-corrected chi connectivity index (χ4v) is 4.09. The Bertz CT molecular complexity index is 1010. The summed E-state index contributed by atoms with van der Waals surface area (Å²) in [5, 5.41) is 2.88. The molecule has 1 aromatic heterocycles. The molecule has 0 radical (unpaired) electrons. The first-order chi connectivity index (χ1) is 14.8. The van der Waals surface area contributed by atoms with Gasteiger partial charge in [0.25, 0.3) is 0 Å². The maximum atomic E-state index is 13.1. The Morgan fingerprint density at radius 3 is 2.25 bits per heavy atom. The molecule has 0 aliphatic rings. The molecule has 2 amide bonds. The maximum Gasteiger partial charge on any atom is 0.243 e. The number of nitrogens with zero attached hydrogens (tertiary/aromatic N) is 1. The van der Waals surface area contributed by atoms with Crippen LogP contribution in [-0.4, -0.2) is 43.3 Å². The van der Waals surface area contributed by atoms with Gasteiger partial charge in [-0.3, -0.25) is 9.59 Å². The van der Waals surface area contributed by atoms with Gasteiger partial charge in [0.05, 0.1) is 24.2 Å². The minimum atomic E-state index is -4.05. The number of carbonyl (C=O) groups excluding carboxylic acids is 2. The molecule has 2 N–H and O–H groups in total. The number of nitrogens with one attached hydrogen (secondary N) is 2. The normalized spacial score (nSPS) is 13.1. The third-order valence-electron chi connectivity index (χ3n) is 4.50. The Kier molecular flexibility index (Phi) is 8.19. The van der Waals surface area contributed by atoms with Gasteiger partial charge in [0.2, 0.25) is 21.8 Å². The maximum absolute atomic E-state index is 13.1. The van der Waals surface area contributed by atoms with Gasteiger partial charge in [0.15, 0.2) is 0 Å². The zero-order valence-electron chi connectivity index (χ0n) is 18.9. The molecule has 176 valence electrons. The van der Waals surface area contributed by atoms with Crippen molar-refractivity contribution in [3.05, 3.63) is 54.2 Å². The summed E-state index contributed by atoms with van der Waals surface area (Å²) in [7, 11) is -4.05. The van der Waals surface area contributed by atoms with E-state index in [0.29, 0.717) is 5.76 Å². The molecule has 1 heterocycles. The van der Waals surface area contributed by atoms with Gasteiger partial charge in [-0.1, -0.05) is 13.8 Å². The molecular weight excluding hydrogens is 437 g/mol. The first kappa shape index (κ1) is 25.5. The largest absolute Gasteiger partial charge is 0.467 e. The van der Waals surface area contributed by atoms with Crippen molar-refractivity contribution in [3.8, 4) is 0 Å². The molecule has 0 aliphatic carbocycles. The molecule has 0 unspecified atom stereocenters. The molecule has 1 atom stereocenters. The highest BCUT2D eigenvalue weighted by Gasteiger charge is 2.35. The molecule has 0 bridgehead atoms. The summed E-state index contributed by atoms with van der Waals surface area (Å²) < 4.78 is 45.7. The number of hydrogen-bond donors (Lipinski definition) is 2. The highest BCUT2D eigenvalue weighted by Crippen LogP contribution is 2.18. The number of rotatable bonds is 9. The Morgan fingerprint density at radius 1 is 1.12 bits per heavy atom. The highest BCUT2D eigenvalue weighted by atomic mass is 32.2. The van der Waals surface area contributed by atoms with Gasteiger partial charge in [0.1, 0.15) is 17.6 Å². The zero-order valence-corrected chi connectivity index (χ0v) is 19.7. The average Bonchev–Trinajstić information content (AvgIpc) is 3.17. The number of sulfonamides is 1. The lowest BCUT2D eigenvalue weighted by Gasteiger charge is -2.35. The average molecular weight is 468 g/mol. The summed E-state index contributed by atoms with van der Waals surface area (Å²) in [5.74, 6) is -1.34. The summed E-state index contributed by atoms with van der Waals surface area (Å²) in [4.78, 5) is 27.3. The van der Waals surface area contributed by atoms with Gasteiger partial charge in [-0.15, -0.1) is 0 Å². The van der Waals surface area contributed by atoms with Crippen molar-refractivity contribution in [2.24, 2.45) is 5.92 Å². The van der Waals surface area contributed by atoms with Crippen LogP contribution in [0.2, 0.25) is 0 Å². The molecule has 32 heavy (non-hydrogen) atoms. The fraction of sp³-hybridized carbons (Fsp3) is 0.455. The van der Waals surface area contributed by atoms with Crippen molar-refractivity contribution in [2.45, 2.75) is 57.6 Å². The second-order valence-corrected chi connectivity index (χ2v) is 10.6. The van der Waals surface area contributed by atoms with Gasteiger partial charge < -0.3 is 14.6 Å². The van der Waals surface area contributed by atoms with E-state index in [2.05, 4.69) is 10.0 Å². The number of halogens is 1. The third-order valence-corrected chi connectivity index (χ3v) is 5.92. The molecule has 0 saturated carbocycles. The zero-order chi connectivity index (χ0) is 24.1. The lowest BCUT2D eigenvalue weighted by molar-refractivity contribution is -0.143. The van der Waals surface area contributed by atoms with Crippen LogP contribution in [0.3, 0.4) is 0 Å². The molecule has 2 aromatic rings. The standard InChI is InChI=1S/C22H30FN3O5S/c1-15(2)20(21(28)25-22(3,4)5)26(14-17-7-6-12-31-17)19(27)13-24-32(29,30)18-10-8-16(23)9-11-18/h6-12,15,20,24H,13-14H2,1-5H3,(H,25,28)/t20-/m1/s1. The van der Waals surface area contributed by atoms with Gasteiger partial charge >= 0.3 is 0 Å². The number of furan rings is 1. The Hall–Kier alpha value is -2.72. The lowest BCUT2D eigenvalue weighted by atomic mass is 9.99. The van der Waals surface area contributed by atoms with Gasteiger partial charge in [-0.2, -0.15) is 0 Å². The van der Waals surface area contributed by atoms with Crippen LogP contribution in [-0.2, 0) is 26.2 Å². The lowest BCUT2D eigenvalue weighted by Crippen LogP contribution is -2.57. The summed E-state index contributed by atoms with van der Waals surface area (Å²) in [6.07, 6.45) is 1.45. The molecular formula is C22H30FN3O5S. The van der Waals surface area contributed by atoms with Crippen molar-refractivity contribution < 1.29 is 26.8 Å². The SMILES string of the molecule is CC(C)[C@H](C(=O)NC(C)(C)C)N(Cc1ccco1)C(=O)CNS(=O)(=O)c1ccc(F)cc1. The van der Waals surface area contributed by atoms with Crippen LogP contribution in [0, 0.1) is 11.7 Å². The van der Waals surface area contributed by atoms with Gasteiger partial charge in [-0.25, -0.2) is 17.5 Å². The molecule has 2 rings (SSSR count). The summed E-state index contributed by atoms with van der Waals surface area (Å²) in [5.41, 5.74) is -0.520. The van der Waals surface area contributed by atoms with Crippen LogP contribution in [0.15, 0.2) is 52.0 Å². The van der Waals surface area contributed by atoms with Crippen molar-refractivity contribution in [1.29, 1.82) is 0 Å². The van der Waals surface area contributed by atoms with E-state index in [-0.39, 0.29) is 23.3 Å². The van der Waals surface area contributed by atoms with E-state index in [1.165, 1.54) is 11.2 Å². The molecule has 0 aliphatic heterocycles. The van der Waals surface area contributed by atoms with Crippen LogP contribution in [0.25, 0.3) is 0 Å². The Morgan fingerprint density at radius 2 is 1.75 bits per heavy atom. The van der Waals surface area contributed by atoms with Crippen LogP contribution in [0.4, 0.5) is 4.39 Å². The minimum Gasteiger partial charge on any atom is -0.467 e. The molecule has 0 spiro atoms. The summed E-state index contributed by atoms with van der Waals surface area (Å²) in [6, 6.07) is 6.72. The van der Waals surface area contributed by atoms with Crippen molar-refractivity contribution in [1.82, 2.24) is 14.9 Å². The number of amides is 2. The smallest absolute Gasteiger partial charge is 0.243 e. The first-order valence-corrected chi connectivity index (χ1v) is 11.7. The molecule has 1 aromatic carbocycles. The van der Waals surface area contributed by atoms with E-state index in [1.807, 2.05) is 20.8 Å². The second kappa shape index (κ2) is 10.3. The number of carbonyl (C=O) groups is 2. The number of benzene rings is 1. The molecule has 0 fully saturated rings. The van der Waals surface area contributed by atoms with Crippen molar-refractivity contribution >= 4 is 21.8 Å². The van der Waals surface area contributed by atoms with Crippen molar-refractivity contribution in [2.75, 3.05) is 6.54 Å². The van der Waals surface area contributed by atoms with E-state index in [4.69, 9.17) is 4.42 Å². The van der Waals surface area contributed by atoms with E-state index in [0.717, 1.165) is 24.3 Å². The highest BCUT2D eigenvalue weighted by molar-refractivity contribution is 7.89. The van der Waals surface area contributed by atoms with Crippen LogP contribution in [0.1, 0.15) is 40.4 Å². The van der Waals surface area contributed by atoms with Crippen LogP contribution >= 0.6 is 0 Å². The predicted octanol–water partition coefficient (Wildman–Crippen LogP) is 2.67. The third kappa shape index (κ3) is 7.16. The van der Waals surface area contributed by atoms with Gasteiger partial charge in [0, 0.05) is 5.54 Å². The topological polar surface area (TPSA) is 109 Å². The van der Waals surface area contributed by atoms with E-state index in [1.54, 1.807) is 26.0 Å². The fourth-order valence-electron chi connectivity index (χ4n) is 3.12.